The second-order valence-corrected chi connectivity index (χ2v) is 8.04. The summed E-state index contributed by atoms with van der Waals surface area (Å²) in [6.45, 7) is 0.538. The van der Waals surface area contributed by atoms with E-state index in [0.29, 0.717) is 29.2 Å². The van der Waals surface area contributed by atoms with E-state index in [-0.39, 0.29) is 5.56 Å². The monoisotopic (exact) mass is 444 g/mol. The number of rotatable bonds is 3. The maximum atomic E-state index is 12.7. The van der Waals surface area contributed by atoms with Crippen molar-refractivity contribution in [1.29, 1.82) is 0 Å². The third-order valence-electron chi connectivity index (χ3n) is 4.95. The first-order valence-electron chi connectivity index (χ1n) is 9.49. The minimum absolute atomic E-state index is 0.163. The number of aromatic amines is 1. The lowest BCUT2D eigenvalue weighted by molar-refractivity contribution is 1.04. The molecule has 1 aliphatic carbocycles. The van der Waals surface area contributed by atoms with Gasteiger partial charge in [-0.2, -0.15) is 0 Å². The number of H-pyrrole nitrogens is 1. The molecule has 3 heterocycles. The maximum absolute atomic E-state index is 12.7. The lowest BCUT2D eigenvalue weighted by Gasteiger charge is -2.12. The highest BCUT2D eigenvalue weighted by Crippen LogP contribution is 2.32. The number of fused-ring (bicyclic) bond motifs is 3. The molecule has 2 N–H and O–H groups in total. The minimum Gasteiger partial charge on any atom is -0.364 e. The molecule has 5 rings (SSSR count). The summed E-state index contributed by atoms with van der Waals surface area (Å²) in [6, 6.07) is 11.7. The first-order chi connectivity index (χ1) is 14.2. The van der Waals surface area contributed by atoms with Crippen molar-refractivity contribution in [3.05, 3.63) is 74.9 Å². The van der Waals surface area contributed by atoms with E-state index in [1.165, 1.54) is 0 Å². The zero-order valence-corrected chi connectivity index (χ0v) is 17.1. The summed E-state index contributed by atoms with van der Waals surface area (Å²) < 4.78 is 0.905. The van der Waals surface area contributed by atoms with Gasteiger partial charge in [0.15, 0.2) is 0 Å². The molecule has 0 amide bonds. The molecule has 0 aliphatic heterocycles. The van der Waals surface area contributed by atoms with Crippen LogP contribution < -0.4 is 10.9 Å². The van der Waals surface area contributed by atoms with E-state index in [0.717, 1.165) is 39.3 Å². The molecule has 1 saturated carbocycles. The number of pyridine rings is 3. The number of hydrogen-bond acceptors (Lipinski definition) is 4. The van der Waals surface area contributed by atoms with Crippen LogP contribution in [0.25, 0.3) is 21.7 Å². The van der Waals surface area contributed by atoms with Crippen LogP contribution in [0.2, 0.25) is 0 Å². The normalized spacial score (nSPS) is 13.3. The van der Waals surface area contributed by atoms with Gasteiger partial charge in [0.2, 0.25) is 0 Å². The highest BCUT2D eigenvalue weighted by atomic mass is 79.9. The van der Waals surface area contributed by atoms with E-state index in [9.17, 15) is 4.79 Å². The Morgan fingerprint density at radius 1 is 1.21 bits per heavy atom. The topological polar surface area (TPSA) is 70.7 Å². The Morgan fingerprint density at radius 3 is 2.90 bits per heavy atom. The van der Waals surface area contributed by atoms with E-state index < -0.39 is 0 Å². The maximum Gasteiger partial charge on any atom is 0.258 e. The third-order valence-corrected chi connectivity index (χ3v) is 5.44. The zero-order chi connectivity index (χ0) is 19.8. The lowest BCUT2D eigenvalue weighted by atomic mass is 10.0. The fourth-order valence-corrected chi connectivity index (χ4v) is 3.66. The molecule has 4 aromatic rings. The standard InChI is InChI=1S/C23H17BrN4O/c24-16-8-9-18-19(11-16)20-21(15(12-27-23(20)29)7-6-14-4-5-14)28-22(18)26-13-17-3-1-2-10-25-17/h1-3,8-12,14H,4-5,13H2,(H,26,28)(H,27,29). The van der Waals surface area contributed by atoms with Gasteiger partial charge in [-0.05, 0) is 43.2 Å². The molecule has 1 fully saturated rings. The number of benzene rings is 1. The average Bonchev–Trinajstić information content (AvgIpc) is 3.56. The molecule has 0 unspecified atom stereocenters. The molecular formula is C23H17BrN4O. The van der Waals surface area contributed by atoms with Gasteiger partial charge in [-0.15, -0.1) is 0 Å². The van der Waals surface area contributed by atoms with Crippen molar-refractivity contribution >= 4 is 43.4 Å². The molecule has 6 heteroatoms. The number of hydrogen-bond donors (Lipinski definition) is 2. The molecule has 1 aromatic carbocycles. The van der Waals surface area contributed by atoms with Gasteiger partial charge < -0.3 is 10.3 Å². The molecule has 5 nitrogen and oxygen atoms in total. The summed E-state index contributed by atoms with van der Waals surface area (Å²) in [5.74, 6) is 7.67. The Hall–Kier alpha value is -3.17. The van der Waals surface area contributed by atoms with Crippen molar-refractivity contribution in [1.82, 2.24) is 15.0 Å². The van der Waals surface area contributed by atoms with E-state index >= 15 is 0 Å². The number of nitrogens with one attached hydrogen (secondary N) is 2. The summed E-state index contributed by atoms with van der Waals surface area (Å²) in [4.78, 5) is 24.7. The highest BCUT2D eigenvalue weighted by molar-refractivity contribution is 9.10. The van der Waals surface area contributed by atoms with Gasteiger partial charge in [0.1, 0.15) is 5.82 Å². The second-order valence-electron chi connectivity index (χ2n) is 7.12. The molecule has 0 bridgehead atoms. The van der Waals surface area contributed by atoms with Crippen LogP contribution in [0.5, 0.6) is 0 Å². The van der Waals surface area contributed by atoms with Crippen LogP contribution in [0.1, 0.15) is 24.1 Å². The summed E-state index contributed by atoms with van der Waals surface area (Å²) in [5.41, 5.74) is 2.12. The molecule has 29 heavy (non-hydrogen) atoms. The van der Waals surface area contributed by atoms with Crippen LogP contribution in [0.4, 0.5) is 5.82 Å². The van der Waals surface area contributed by atoms with Crippen molar-refractivity contribution in [2.75, 3.05) is 5.32 Å². The van der Waals surface area contributed by atoms with E-state index in [2.05, 4.69) is 43.1 Å². The van der Waals surface area contributed by atoms with Crippen LogP contribution in [0, 0.1) is 17.8 Å². The predicted molar refractivity (Wildman–Crippen MR) is 119 cm³/mol. The van der Waals surface area contributed by atoms with Gasteiger partial charge in [0, 0.05) is 33.6 Å². The molecule has 142 valence electrons. The summed E-state index contributed by atoms with van der Waals surface area (Å²) in [5, 5.41) is 5.67. The summed E-state index contributed by atoms with van der Waals surface area (Å²) in [7, 11) is 0. The SMILES string of the molecule is O=c1[nH]cc(C#CC2CC2)c2nc(NCc3ccccn3)c3ccc(Br)cc3c12. The molecule has 3 aromatic heterocycles. The van der Waals surface area contributed by atoms with Crippen molar-refractivity contribution in [2.45, 2.75) is 19.4 Å². The molecule has 0 atom stereocenters. The van der Waals surface area contributed by atoms with Crippen LogP contribution in [0.15, 0.2) is 58.1 Å². The van der Waals surface area contributed by atoms with Gasteiger partial charge in [-0.1, -0.05) is 33.8 Å². The Balaban J connectivity index is 1.71. The van der Waals surface area contributed by atoms with Crippen molar-refractivity contribution in [2.24, 2.45) is 5.92 Å². The summed E-state index contributed by atoms with van der Waals surface area (Å²) >= 11 is 3.53. The fourth-order valence-electron chi connectivity index (χ4n) is 3.30. The Bertz CT molecular complexity index is 1350. The van der Waals surface area contributed by atoms with Crippen LogP contribution >= 0.6 is 15.9 Å². The van der Waals surface area contributed by atoms with Gasteiger partial charge in [0.25, 0.3) is 5.56 Å². The van der Waals surface area contributed by atoms with Crippen molar-refractivity contribution in [3.8, 4) is 11.8 Å². The van der Waals surface area contributed by atoms with Crippen molar-refractivity contribution < 1.29 is 0 Å². The molecule has 0 saturated heterocycles. The summed E-state index contributed by atoms with van der Waals surface area (Å²) in [6.07, 6.45) is 5.73. The molecule has 0 radical (unpaired) electrons. The van der Waals surface area contributed by atoms with Gasteiger partial charge in [-0.25, -0.2) is 4.98 Å². The average molecular weight is 445 g/mol. The van der Waals surface area contributed by atoms with Crippen LogP contribution in [-0.4, -0.2) is 15.0 Å². The van der Waals surface area contributed by atoms with Crippen LogP contribution in [0.3, 0.4) is 0 Å². The van der Waals surface area contributed by atoms with E-state index in [4.69, 9.17) is 4.98 Å². The largest absolute Gasteiger partial charge is 0.364 e. The van der Waals surface area contributed by atoms with Gasteiger partial charge >= 0.3 is 0 Å². The second kappa shape index (κ2) is 7.34. The Morgan fingerprint density at radius 2 is 2.10 bits per heavy atom. The highest BCUT2D eigenvalue weighted by Gasteiger charge is 2.18. The third kappa shape index (κ3) is 3.62. The van der Waals surface area contributed by atoms with Gasteiger partial charge in [-0.3, -0.25) is 9.78 Å². The number of halogens is 1. The van der Waals surface area contributed by atoms with Gasteiger partial charge in [0.05, 0.1) is 28.7 Å². The Kier molecular flexibility index (Phi) is 4.53. The molecule has 1 aliphatic rings. The first-order valence-corrected chi connectivity index (χ1v) is 10.3. The molecule has 0 spiro atoms. The predicted octanol–water partition coefficient (Wildman–Crippen LogP) is 4.61. The fraction of sp³-hybridized carbons (Fsp3) is 0.174. The van der Waals surface area contributed by atoms with Crippen LogP contribution in [-0.2, 0) is 6.54 Å². The number of anilines is 1. The number of nitrogens with zero attached hydrogens (tertiary/aromatic N) is 2. The Labute approximate surface area is 175 Å². The van der Waals surface area contributed by atoms with E-state index in [1.54, 1.807) is 12.4 Å². The number of aromatic nitrogens is 3. The first kappa shape index (κ1) is 17.9. The smallest absolute Gasteiger partial charge is 0.258 e. The minimum atomic E-state index is -0.163. The quantitative estimate of drug-likeness (QED) is 0.357. The zero-order valence-electron chi connectivity index (χ0n) is 15.5. The molecular weight excluding hydrogens is 428 g/mol. The lowest BCUT2D eigenvalue weighted by Crippen LogP contribution is -2.10. The van der Waals surface area contributed by atoms with Crippen molar-refractivity contribution in [3.63, 3.8) is 0 Å². The van der Waals surface area contributed by atoms with E-state index in [1.807, 2.05) is 36.4 Å².